The molecule has 0 radical (unpaired) electrons. The minimum Gasteiger partial charge on any atom is -0.426 e. The summed E-state index contributed by atoms with van der Waals surface area (Å²) in [6.45, 7) is -0.368. The second-order valence-electron chi connectivity index (χ2n) is 6.58. The van der Waals surface area contributed by atoms with Crippen molar-refractivity contribution in [1.29, 1.82) is 5.26 Å². The van der Waals surface area contributed by atoms with Crippen molar-refractivity contribution >= 4 is 19.6 Å². The lowest BCUT2D eigenvalue weighted by molar-refractivity contribution is -0.0612. The molecule has 3 aromatic rings. The van der Waals surface area contributed by atoms with Gasteiger partial charge in [0.15, 0.2) is 5.82 Å². The Bertz CT molecular complexity index is 1120. The third kappa shape index (κ3) is 3.41. The molecule has 1 saturated heterocycles. The standard InChI is InChI=1S/C18H18N5O6P/c19-9-18(14-7-6-12-17(20)21-10-22-23(12)14)16(25)15(24)13(28-18)8-27-30(26)29-11-4-2-1-3-5-11/h1-7,10,13,15-16,24-25,30H,8H2,(H2,20,21,22)/t13-,15-,16-,18+/m1/s1. The number of rotatable bonds is 6. The number of anilines is 1. The molecule has 4 rings (SSSR count). The molecule has 1 aliphatic rings. The lowest BCUT2D eigenvalue weighted by atomic mass is 9.92. The molecule has 30 heavy (non-hydrogen) atoms. The number of aliphatic hydroxyl groups is 2. The molecule has 0 amide bonds. The first-order valence-electron chi connectivity index (χ1n) is 8.90. The first-order chi connectivity index (χ1) is 14.5. The number of hydrogen-bond donors (Lipinski definition) is 3. The molecule has 11 nitrogen and oxygen atoms in total. The van der Waals surface area contributed by atoms with Gasteiger partial charge in [-0.3, -0.25) is 4.52 Å². The van der Waals surface area contributed by atoms with E-state index in [1.807, 2.05) is 6.07 Å². The van der Waals surface area contributed by atoms with Gasteiger partial charge >= 0.3 is 8.25 Å². The van der Waals surface area contributed by atoms with Crippen LogP contribution in [0, 0.1) is 11.3 Å². The van der Waals surface area contributed by atoms with Crippen LogP contribution in [0.4, 0.5) is 5.82 Å². The number of nitrogens with two attached hydrogens (primary N) is 1. The molecule has 3 heterocycles. The van der Waals surface area contributed by atoms with E-state index < -0.39 is 32.2 Å². The maximum absolute atomic E-state index is 12.1. The number of nitrogens with zero attached hydrogens (tertiary/aromatic N) is 4. The van der Waals surface area contributed by atoms with E-state index in [0.29, 0.717) is 11.3 Å². The van der Waals surface area contributed by atoms with Gasteiger partial charge in [-0.15, -0.1) is 0 Å². The Kier molecular flexibility index (Phi) is 5.42. The monoisotopic (exact) mass is 431 g/mol. The first-order valence-corrected chi connectivity index (χ1v) is 10.1. The lowest BCUT2D eigenvalue weighted by Crippen LogP contribution is -2.41. The summed E-state index contributed by atoms with van der Waals surface area (Å²) in [4.78, 5) is 3.87. The second kappa shape index (κ2) is 8.02. The molecular weight excluding hydrogens is 413 g/mol. The molecule has 4 N–H and O–H groups in total. The molecule has 1 unspecified atom stereocenters. The number of para-hydroxylation sites is 1. The van der Waals surface area contributed by atoms with Gasteiger partial charge in [0, 0.05) is 0 Å². The van der Waals surface area contributed by atoms with Crippen molar-refractivity contribution in [2.75, 3.05) is 12.3 Å². The number of hydrogen-bond acceptors (Lipinski definition) is 10. The Morgan fingerprint density at radius 2 is 2.07 bits per heavy atom. The van der Waals surface area contributed by atoms with Crippen LogP contribution in [-0.2, 0) is 19.4 Å². The van der Waals surface area contributed by atoms with Gasteiger partial charge in [-0.2, -0.15) is 10.4 Å². The van der Waals surface area contributed by atoms with Crippen molar-refractivity contribution in [2.24, 2.45) is 0 Å². The predicted octanol–water partition coefficient (Wildman–Crippen LogP) is 0.636. The Morgan fingerprint density at radius 3 is 2.80 bits per heavy atom. The molecule has 156 valence electrons. The molecule has 1 aliphatic heterocycles. The molecule has 2 aromatic heterocycles. The van der Waals surface area contributed by atoms with Crippen LogP contribution in [0.3, 0.4) is 0 Å². The SMILES string of the molecule is N#C[C@@]1(c2ccc3c(N)ncnn23)O[C@H](CO[PH](=O)Oc2ccccc2)[C@@H](O)[C@H]1O. The number of nitrogen functional groups attached to an aromatic ring is 1. The summed E-state index contributed by atoms with van der Waals surface area (Å²) >= 11 is 0. The lowest BCUT2D eigenvalue weighted by Gasteiger charge is -2.24. The molecule has 0 spiro atoms. The molecular formula is C18H18N5O6P. The van der Waals surface area contributed by atoms with E-state index in [2.05, 4.69) is 10.1 Å². The smallest absolute Gasteiger partial charge is 0.367 e. The maximum Gasteiger partial charge on any atom is 0.367 e. The third-order valence-electron chi connectivity index (χ3n) is 4.80. The fourth-order valence-corrected chi connectivity index (χ4v) is 4.00. The summed E-state index contributed by atoms with van der Waals surface area (Å²) in [6, 6.07) is 13.4. The minimum atomic E-state index is -2.95. The molecule has 0 aliphatic carbocycles. The minimum absolute atomic E-state index is 0.163. The first kappa shape index (κ1) is 20.3. The molecule has 12 heteroatoms. The van der Waals surface area contributed by atoms with E-state index in [1.54, 1.807) is 36.4 Å². The van der Waals surface area contributed by atoms with E-state index >= 15 is 0 Å². The molecule has 0 bridgehead atoms. The average Bonchev–Trinajstić information content (AvgIpc) is 3.29. The Labute approximate surface area is 171 Å². The van der Waals surface area contributed by atoms with Gasteiger partial charge in [0.1, 0.15) is 42.0 Å². The largest absolute Gasteiger partial charge is 0.426 e. The van der Waals surface area contributed by atoms with Gasteiger partial charge in [-0.1, -0.05) is 18.2 Å². The summed E-state index contributed by atoms with van der Waals surface area (Å²) in [5.74, 6) is 0.534. The number of benzene rings is 1. The molecule has 1 fully saturated rings. The fraction of sp³-hybridized carbons (Fsp3) is 0.278. The summed E-state index contributed by atoms with van der Waals surface area (Å²) in [5, 5.41) is 35.0. The van der Waals surface area contributed by atoms with E-state index in [9.17, 15) is 20.0 Å². The van der Waals surface area contributed by atoms with E-state index in [-0.39, 0.29) is 18.1 Å². The highest BCUT2D eigenvalue weighted by Crippen LogP contribution is 2.41. The third-order valence-corrected chi connectivity index (χ3v) is 5.60. The zero-order valence-electron chi connectivity index (χ0n) is 15.5. The van der Waals surface area contributed by atoms with Crippen LogP contribution in [0.2, 0.25) is 0 Å². The van der Waals surface area contributed by atoms with Crippen molar-refractivity contribution in [3.63, 3.8) is 0 Å². The van der Waals surface area contributed by atoms with Crippen molar-refractivity contribution in [3.05, 3.63) is 54.5 Å². The van der Waals surface area contributed by atoms with Crippen LogP contribution in [0.1, 0.15) is 5.69 Å². The molecule has 5 atom stereocenters. The maximum atomic E-state index is 12.1. The van der Waals surface area contributed by atoms with Crippen LogP contribution in [0.15, 0.2) is 48.8 Å². The summed E-state index contributed by atoms with van der Waals surface area (Å²) in [7, 11) is -2.95. The van der Waals surface area contributed by atoms with Crippen LogP contribution < -0.4 is 10.3 Å². The predicted molar refractivity (Wildman–Crippen MR) is 104 cm³/mol. The number of aromatic nitrogens is 3. The highest BCUT2D eigenvalue weighted by molar-refractivity contribution is 7.33. The summed E-state index contributed by atoms with van der Waals surface area (Å²) < 4.78 is 29.5. The quantitative estimate of drug-likeness (QED) is 0.471. The highest BCUT2D eigenvalue weighted by atomic mass is 31.1. The molecule has 1 aromatic carbocycles. The topological polar surface area (TPSA) is 165 Å². The zero-order valence-corrected chi connectivity index (χ0v) is 16.5. The van der Waals surface area contributed by atoms with Crippen molar-refractivity contribution < 1.29 is 28.6 Å². The zero-order chi connectivity index (χ0) is 21.3. The second-order valence-corrected chi connectivity index (χ2v) is 7.57. The number of fused-ring (bicyclic) bond motifs is 1. The fourth-order valence-electron chi connectivity index (χ4n) is 3.31. The Hall–Kier alpha value is -3.00. The van der Waals surface area contributed by atoms with Crippen LogP contribution in [0.5, 0.6) is 5.75 Å². The number of nitriles is 1. The van der Waals surface area contributed by atoms with Crippen LogP contribution in [-0.4, -0.2) is 49.7 Å². The summed E-state index contributed by atoms with van der Waals surface area (Å²) in [6.07, 6.45) is -3.05. The van der Waals surface area contributed by atoms with Crippen LogP contribution in [0.25, 0.3) is 5.52 Å². The summed E-state index contributed by atoms with van der Waals surface area (Å²) in [5.41, 5.74) is 4.44. The highest BCUT2D eigenvalue weighted by Gasteiger charge is 2.57. The molecule has 0 saturated carbocycles. The van der Waals surface area contributed by atoms with Gasteiger partial charge < -0.3 is 25.2 Å². The van der Waals surface area contributed by atoms with Gasteiger partial charge in [-0.05, 0) is 24.3 Å². The van der Waals surface area contributed by atoms with Crippen molar-refractivity contribution in [2.45, 2.75) is 23.9 Å². The van der Waals surface area contributed by atoms with Crippen molar-refractivity contribution in [3.8, 4) is 11.8 Å². The van der Waals surface area contributed by atoms with Gasteiger partial charge in [0.25, 0.3) is 0 Å². The van der Waals surface area contributed by atoms with E-state index in [1.165, 1.54) is 16.9 Å². The Balaban J connectivity index is 1.53. The average molecular weight is 431 g/mol. The van der Waals surface area contributed by atoms with Gasteiger partial charge in [0.2, 0.25) is 5.60 Å². The normalized spacial score (nSPS) is 27.0. The van der Waals surface area contributed by atoms with Gasteiger partial charge in [0.05, 0.1) is 12.3 Å². The number of ether oxygens (including phenoxy) is 1. The number of aliphatic hydroxyl groups excluding tert-OH is 2. The van der Waals surface area contributed by atoms with Crippen LogP contribution >= 0.6 is 8.25 Å². The van der Waals surface area contributed by atoms with Crippen molar-refractivity contribution in [1.82, 2.24) is 14.6 Å². The van der Waals surface area contributed by atoms with E-state index in [0.717, 1.165) is 0 Å². The van der Waals surface area contributed by atoms with E-state index in [4.69, 9.17) is 19.5 Å². The van der Waals surface area contributed by atoms with Gasteiger partial charge in [-0.25, -0.2) is 14.1 Å². The Morgan fingerprint density at radius 1 is 1.30 bits per heavy atom.